The maximum absolute atomic E-state index is 9.43. The smallest absolute Gasteiger partial charge is 0.161 e. The first-order valence-corrected chi connectivity index (χ1v) is 5.77. The normalized spacial score (nSPS) is 12.2. The van der Waals surface area contributed by atoms with Gasteiger partial charge in [-0.15, -0.1) is 11.6 Å². The number of halogens is 1. The van der Waals surface area contributed by atoms with Gasteiger partial charge in [0.2, 0.25) is 0 Å². The molecule has 0 saturated heterocycles. The van der Waals surface area contributed by atoms with Crippen LogP contribution in [-0.2, 0) is 0 Å². The Bertz CT molecular complexity index is 326. The second-order valence-electron chi connectivity index (χ2n) is 3.48. The van der Waals surface area contributed by atoms with Gasteiger partial charge in [-0.3, -0.25) is 0 Å². The molecule has 0 spiro atoms. The number of ether oxygens (including phenoxy) is 2. The molecule has 1 rings (SSSR count). The summed E-state index contributed by atoms with van der Waals surface area (Å²) in [4.78, 5) is 0. The van der Waals surface area contributed by atoms with Gasteiger partial charge >= 0.3 is 0 Å². The van der Waals surface area contributed by atoms with E-state index in [1.165, 1.54) is 0 Å². The zero-order valence-corrected chi connectivity index (χ0v) is 10.3. The van der Waals surface area contributed by atoms with Gasteiger partial charge in [0.15, 0.2) is 11.5 Å². The Kier molecular flexibility index (Phi) is 5.43. The minimum Gasteiger partial charge on any atom is -0.493 e. The summed E-state index contributed by atoms with van der Waals surface area (Å²) in [7, 11) is 1.58. The highest BCUT2D eigenvalue weighted by Crippen LogP contribution is 2.30. The molecular formula is C12H17ClO3. The van der Waals surface area contributed by atoms with E-state index >= 15 is 0 Å². The number of rotatable bonds is 6. The zero-order valence-electron chi connectivity index (χ0n) is 9.57. The predicted octanol–water partition coefficient (Wildman–Crippen LogP) is 2.76. The van der Waals surface area contributed by atoms with Gasteiger partial charge in [-0.2, -0.15) is 0 Å². The quantitative estimate of drug-likeness (QED) is 0.618. The third kappa shape index (κ3) is 3.58. The molecule has 1 N–H and O–H groups in total. The Morgan fingerprint density at radius 2 is 2.12 bits per heavy atom. The van der Waals surface area contributed by atoms with Crippen molar-refractivity contribution in [2.75, 3.05) is 19.6 Å². The van der Waals surface area contributed by atoms with Crippen LogP contribution in [0.1, 0.15) is 25.0 Å². The summed E-state index contributed by atoms with van der Waals surface area (Å²) in [6, 6.07) is 5.40. The van der Waals surface area contributed by atoms with Crippen LogP contribution in [0.5, 0.6) is 11.5 Å². The monoisotopic (exact) mass is 244 g/mol. The van der Waals surface area contributed by atoms with Crippen LogP contribution in [0.4, 0.5) is 0 Å². The van der Waals surface area contributed by atoms with Crippen LogP contribution in [0.25, 0.3) is 0 Å². The molecule has 3 nitrogen and oxygen atoms in total. The number of hydrogen-bond acceptors (Lipinski definition) is 3. The molecule has 0 radical (unpaired) electrons. The predicted molar refractivity (Wildman–Crippen MR) is 64.5 cm³/mol. The second-order valence-corrected chi connectivity index (χ2v) is 3.86. The zero-order chi connectivity index (χ0) is 12.0. The fraction of sp³-hybridized carbons (Fsp3) is 0.500. The first kappa shape index (κ1) is 13.1. The molecule has 1 aromatic carbocycles. The molecule has 0 heterocycles. The molecule has 1 atom stereocenters. The van der Waals surface area contributed by atoms with Gasteiger partial charge in [-0.25, -0.2) is 0 Å². The minimum atomic E-state index is -0.509. The maximum Gasteiger partial charge on any atom is 0.161 e. The van der Waals surface area contributed by atoms with Crippen molar-refractivity contribution >= 4 is 11.6 Å². The molecule has 0 aromatic heterocycles. The summed E-state index contributed by atoms with van der Waals surface area (Å²) in [6.07, 6.45) is 0.286. The average Bonchev–Trinajstić information content (AvgIpc) is 2.29. The van der Waals surface area contributed by atoms with E-state index in [1.807, 2.05) is 6.07 Å². The SMILES string of the molecule is COc1cc(C(C)O)ccc1OCCCCl. The number of aliphatic hydroxyl groups is 1. The third-order valence-electron chi connectivity index (χ3n) is 2.21. The molecule has 4 heteroatoms. The summed E-state index contributed by atoms with van der Waals surface area (Å²) in [5.74, 6) is 1.89. The van der Waals surface area contributed by atoms with Gasteiger partial charge in [0.1, 0.15) is 0 Å². The first-order chi connectivity index (χ1) is 7.69. The van der Waals surface area contributed by atoms with Gasteiger partial charge in [0.05, 0.1) is 19.8 Å². The number of benzene rings is 1. The standard InChI is InChI=1S/C12H17ClO3/c1-9(14)10-4-5-11(12(8-10)15-2)16-7-3-6-13/h4-5,8-9,14H,3,6-7H2,1-2H3. The highest BCUT2D eigenvalue weighted by molar-refractivity contribution is 6.17. The lowest BCUT2D eigenvalue weighted by atomic mass is 10.1. The van der Waals surface area contributed by atoms with Crippen LogP contribution in [0.15, 0.2) is 18.2 Å². The van der Waals surface area contributed by atoms with Crippen LogP contribution in [0.3, 0.4) is 0 Å². The van der Waals surface area contributed by atoms with E-state index in [2.05, 4.69) is 0 Å². The molecule has 0 aliphatic carbocycles. The molecule has 0 aliphatic rings. The Morgan fingerprint density at radius 3 is 2.69 bits per heavy atom. The van der Waals surface area contributed by atoms with Crippen LogP contribution in [0, 0.1) is 0 Å². The molecular weight excluding hydrogens is 228 g/mol. The van der Waals surface area contributed by atoms with E-state index in [0.29, 0.717) is 24.0 Å². The Balaban J connectivity index is 2.76. The van der Waals surface area contributed by atoms with Crippen molar-refractivity contribution in [1.29, 1.82) is 0 Å². The Hall–Kier alpha value is -0.930. The summed E-state index contributed by atoms with van der Waals surface area (Å²) >= 11 is 5.56. The molecule has 16 heavy (non-hydrogen) atoms. The van der Waals surface area contributed by atoms with Crippen molar-refractivity contribution in [3.63, 3.8) is 0 Å². The molecule has 0 aliphatic heterocycles. The summed E-state index contributed by atoms with van der Waals surface area (Å²) < 4.78 is 10.7. The lowest BCUT2D eigenvalue weighted by molar-refractivity contribution is 0.198. The van der Waals surface area contributed by atoms with Crippen LogP contribution in [-0.4, -0.2) is 24.7 Å². The van der Waals surface area contributed by atoms with Gasteiger partial charge < -0.3 is 14.6 Å². The van der Waals surface area contributed by atoms with E-state index in [-0.39, 0.29) is 0 Å². The Labute approximate surface area is 101 Å². The van der Waals surface area contributed by atoms with Crippen molar-refractivity contribution in [1.82, 2.24) is 0 Å². The summed E-state index contributed by atoms with van der Waals surface area (Å²) in [5, 5.41) is 9.43. The maximum atomic E-state index is 9.43. The number of alkyl halides is 1. The van der Waals surface area contributed by atoms with Crippen molar-refractivity contribution in [3.8, 4) is 11.5 Å². The van der Waals surface area contributed by atoms with E-state index in [1.54, 1.807) is 26.2 Å². The fourth-order valence-electron chi connectivity index (χ4n) is 1.30. The lowest BCUT2D eigenvalue weighted by Gasteiger charge is -2.12. The van der Waals surface area contributed by atoms with Crippen LogP contribution >= 0.6 is 11.6 Å². The second kappa shape index (κ2) is 6.61. The molecule has 0 bridgehead atoms. The van der Waals surface area contributed by atoms with E-state index in [9.17, 15) is 5.11 Å². The van der Waals surface area contributed by atoms with Gasteiger partial charge in [-0.1, -0.05) is 6.07 Å². The highest BCUT2D eigenvalue weighted by atomic mass is 35.5. The van der Waals surface area contributed by atoms with Gasteiger partial charge in [0.25, 0.3) is 0 Å². The molecule has 1 aromatic rings. The van der Waals surface area contributed by atoms with Crippen LogP contribution < -0.4 is 9.47 Å². The largest absolute Gasteiger partial charge is 0.493 e. The van der Waals surface area contributed by atoms with Crippen molar-refractivity contribution in [3.05, 3.63) is 23.8 Å². The third-order valence-corrected chi connectivity index (χ3v) is 2.47. The molecule has 1 unspecified atom stereocenters. The molecule has 0 saturated carbocycles. The van der Waals surface area contributed by atoms with Crippen molar-refractivity contribution < 1.29 is 14.6 Å². The summed E-state index contributed by atoms with van der Waals surface area (Å²) in [6.45, 7) is 2.27. The average molecular weight is 245 g/mol. The molecule has 90 valence electrons. The van der Waals surface area contributed by atoms with E-state index in [4.69, 9.17) is 21.1 Å². The Morgan fingerprint density at radius 1 is 1.38 bits per heavy atom. The van der Waals surface area contributed by atoms with Crippen LogP contribution in [0.2, 0.25) is 0 Å². The molecule has 0 fully saturated rings. The van der Waals surface area contributed by atoms with Crippen molar-refractivity contribution in [2.24, 2.45) is 0 Å². The molecule has 0 amide bonds. The highest BCUT2D eigenvalue weighted by Gasteiger charge is 2.08. The number of hydrogen-bond donors (Lipinski definition) is 1. The first-order valence-electron chi connectivity index (χ1n) is 5.23. The van der Waals surface area contributed by atoms with Crippen molar-refractivity contribution in [2.45, 2.75) is 19.4 Å². The number of aliphatic hydroxyl groups excluding tert-OH is 1. The van der Waals surface area contributed by atoms with Gasteiger partial charge in [-0.05, 0) is 31.0 Å². The lowest BCUT2D eigenvalue weighted by Crippen LogP contribution is -2.01. The topological polar surface area (TPSA) is 38.7 Å². The summed E-state index contributed by atoms with van der Waals surface area (Å²) in [5.41, 5.74) is 0.807. The minimum absolute atomic E-state index is 0.509. The fourth-order valence-corrected chi connectivity index (χ4v) is 1.41. The number of methoxy groups -OCH3 is 1. The van der Waals surface area contributed by atoms with Gasteiger partial charge in [0, 0.05) is 5.88 Å². The van der Waals surface area contributed by atoms with E-state index < -0.39 is 6.10 Å². The van der Waals surface area contributed by atoms with E-state index in [0.717, 1.165) is 12.0 Å².